The van der Waals surface area contributed by atoms with Crippen LogP contribution in [0.15, 0.2) is 0 Å². The number of carbonyl (C=O) groups is 1. The monoisotopic (exact) mass is 180 g/mol. The molecular formula is C2H6NaO6P. The molecule has 10 heavy (non-hydrogen) atoms. The number of rotatable bonds is 2. The van der Waals surface area contributed by atoms with Crippen molar-refractivity contribution in [1.29, 1.82) is 0 Å². The van der Waals surface area contributed by atoms with Gasteiger partial charge in [0.25, 0.3) is 5.85 Å². The van der Waals surface area contributed by atoms with Crippen LogP contribution in [0.25, 0.3) is 0 Å². The fraction of sp³-hybridized carbons (Fsp3) is 0.500. The van der Waals surface area contributed by atoms with E-state index < -0.39 is 19.4 Å². The van der Waals surface area contributed by atoms with Crippen molar-refractivity contribution in [2.45, 2.75) is 5.85 Å². The average molecular weight is 180 g/mol. The fourth-order valence-electron chi connectivity index (χ4n) is 0.144. The van der Waals surface area contributed by atoms with Gasteiger partial charge in [-0.15, -0.1) is 0 Å². The zero-order valence-corrected chi connectivity index (χ0v) is 5.02. The summed E-state index contributed by atoms with van der Waals surface area (Å²) in [6.45, 7) is 0. The molecule has 0 radical (unpaired) electrons. The van der Waals surface area contributed by atoms with Crippen LogP contribution in [0.3, 0.4) is 0 Å². The second-order valence-electron chi connectivity index (χ2n) is 1.30. The zero-order chi connectivity index (χ0) is 7.65. The third-order valence-corrected chi connectivity index (χ3v) is 1.40. The van der Waals surface area contributed by atoms with Crippen LogP contribution in [-0.4, -0.2) is 61.4 Å². The molecular weight excluding hydrogens is 174 g/mol. The molecule has 0 amide bonds. The van der Waals surface area contributed by atoms with Gasteiger partial charge in [0.2, 0.25) is 0 Å². The Morgan fingerprint density at radius 1 is 1.40 bits per heavy atom. The second-order valence-corrected chi connectivity index (χ2v) is 2.97. The van der Waals surface area contributed by atoms with Crippen molar-refractivity contribution in [1.82, 2.24) is 0 Å². The second kappa shape index (κ2) is 4.46. The summed E-state index contributed by atoms with van der Waals surface area (Å²) < 4.78 is 9.84. The number of carboxylic acid groups (broad SMARTS) is 1. The van der Waals surface area contributed by atoms with Crippen molar-refractivity contribution >= 4 is 43.1 Å². The SMILES string of the molecule is O=C(O)C(O)P(=O)(O)O.[NaH]. The van der Waals surface area contributed by atoms with Gasteiger partial charge in [-0.05, 0) is 0 Å². The minimum atomic E-state index is -4.86. The number of aliphatic hydroxyl groups is 1. The third kappa shape index (κ3) is 4.40. The van der Waals surface area contributed by atoms with Crippen LogP contribution in [0.1, 0.15) is 0 Å². The van der Waals surface area contributed by atoms with Gasteiger partial charge in [-0.1, -0.05) is 0 Å². The average Bonchev–Trinajstić information content (AvgIpc) is 1.62. The summed E-state index contributed by atoms with van der Waals surface area (Å²) in [5, 5.41) is 15.9. The van der Waals surface area contributed by atoms with Crippen molar-refractivity contribution < 1.29 is 29.4 Å². The van der Waals surface area contributed by atoms with E-state index in [1.807, 2.05) is 0 Å². The Bertz CT molecular complexity index is 161. The summed E-state index contributed by atoms with van der Waals surface area (Å²) in [4.78, 5) is 25.5. The van der Waals surface area contributed by atoms with Crippen LogP contribution in [0, 0.1) is 0 Å². The van der Waals surface area contributed by atoms with E-state index in [4.69, 9.17) is 20.0 Å². The molecule has 0 aromatic heterocycles. The van der Waals surface area contributed by atoms with E-state index in [1.165, 1.54) is 0 Å². The Hall–Kier alpha value is 0.580. The van der Waals surface area contributed by atoms with Crippen LogP contribution in [0.5, 0.6) is 0 Å². The van der Waals surface area contributed by atoms with E-state index in [0.717, 1.165) is 0 Å². The van der Waals surface area contributed by atoms with E-state index in [0.29, 0.717) is 0 Å². The maximum absolute atomic E-state index is 9.84. The van der Waals surface area contributed by atoms with Gasteiger partial charge in [0.15, 0.2) is 0 Å². The van der Waals surface area contributed by atoms with Crippen molar-refractivity contribution in [3.05, 3.63) is 0 Å². The Balaban J connectivity index is 0. The summed E-state index contributed by atoms with van der Waals surface area (Å²) >= 11 is 0. The molecule has 0 aliphatic heterocycles. The molecule has 4 N–H and O–H groups in total. The van der Waals surface area contributed by atoms with Crippen LogP contribution in [0.4, 0.5) is 0 Å². The van der Waals surface area contributed by atoms with Crippen LogP contribution in [-0.2, 0) is 9.36 Å². The molecule has 0 bridgehead atoms. The molecule has 56 valence electrons. The van der Waals surface area contributed by atoms with Crippen molar-refractivity contribution in [2.24, 2.45) is 0 Å². The van der Waals surface area contributed by atoms with Crippen molar-refractivity contribution in [2.75, 3.05) is 0 Å². The van der Waals surface area contributed by atoms with E-state index in [-0.39, 0.29) is 29.6 Å². The summed E-state index contributed by atoms with van der Waals surface area (Å²) in [6.07, 6.45) is 0. The molecule has 0 rings (SSSR count). The zero-order valence-electron chi connectivity index (χ0n) is 4.13. The van der Waals surface area contributed by atoms with Gasteiger partial charge in [0.05, 0.1) is 0 Å². The van der Waals surface area contributed by atoms with Gasteiger partial charge >= 0.3 is 43.1 Å². The Morgan fingerprint density at radius 3 is 1.70 bits per heavy atom. The number of carboxylic acids is 1. The van der Waals surface area contributed by atoms with Crippen molar-refractivity contribution in [3.63, 3.8) is 0 Å². The van der Waals surface area contributed by atoms with Gasteiger partial charge in [0, 0.05) is 0 Å². The number of aliphatic carboxylic acids is 1. The van der Waals surface area contributed by atoms with Gasteiger partial charge in [-0.2, -0.15) is 0 Å². The molecule has 0 aliphatic rings. The molecule has 8 heteroatoms. The third-order valence-electron chi connectivity index (χ3n) is 0.539. The maximum atomic E-state index is 9.84. The Morgan fingerprint density at radius 2 is 1.70 bits per heavy atom. The number of hydrogen-bond acceptors (Lipinski definition) is 3. The van der Waals surface area contributed by atoms with Gasteiger partial charge in [-0.3, -0.25) is 4.57 Å². The van der Waals surface area contributed by atoms with E-state index >= 15 is 0 Å². The first-order valence-corrected chi connectivity index (χ1v) is 3.50. The molecule has 0 aromatic rings. The first-order chi connectivity index (χ1) is 3.85. The Labute approximate surface area is 78.3 Å². The first-order valence-electron chi connectivity index (χ1n) is 1.82. The molecule has 6 nitrogen and oxygen atoms in total. The molecule has 0 saturated heterocycles. The normalized spacial score (nSPS) is 13.5. The molecule has 0 aliphatic carbocycles. The van der Waals surface area contributed by atoms with Gasteiger partial charge in [-0.25, -0.2) is 4.79 Å². The molecule has 0 spiro atoms. The van der Waals surface area contributed by atoms with Crippen LogP contribution in [0.2, 0.25) is 0 Å². The molecule has 0 fully saturated rings. The van der Waals surface area contributed by atoms with E-state index in [1.54, 1.807) is 0 Å². The quantitative estimate of drug-likeness (QED) is 0.286. The summed E-state index contributed by atoms with van der Waals surface area (Å²) in [6, 6.07) is 0. The minimum absolute atomic E-state index is 0. The molecule has 0 heterocycles. The van der Waals surface area contributed by atoms with Crippen LogP contribution >= 0.6 is 7.60 Å². The number of hydrogen-bond donors (Lipinski definition) is 4. The summed E-state index contributed by atoms with van der Waals surface area (Å²) in [5.41, 5.74) is 0. The summed E-state index contributed by atoms with van der Waals surface area (Å²) in [5.74, 6) is -4.53. The molecule has 1 atom stereocenters. The standard InChI is InChI=1S/C2H5O6P.Na.H/c3-1(4)2(5)9(6,7)8;;/h2,5H,(H,3,4)(H2,6,7,8);;. The van der Waals surface area contributed by atoms with Gasteiger partial charge < -0.3 is 20.0 Å². The van der Waals surface area contributed by atoms with Crippen molar-refractivity contribution in [3.8, 4) is 0 Å². The topological polar surface area (TPSA) is 115 Å². The van der Waals surface area contributed by atoms with Gasteiger partial charge in [0.1, 0.15) is 0 Å². The molecule has 1 unspecified atom stereocenters. The molecule has 0 saturated carbocycles. The molecule has 0 aromatic carbocycles. The predicted octanol–water partition coefficient (Wildman–Crippen LogP) is -2.08. The van der Waals surface area contributed by atoms with E-state index in [9.17, 15) is 9.36 Å². The van der Waals surface area contributed by atoms with Crippen LogP contribution < -0.4 is 0 Å². The fourth-order valence-corrected chi connectivity index (χ4v) is 0.432. The number of aliphatic hydroxyl groups excluding tert-OH is 1. The Kier molecular flexibility index (Phi) is 5.88. The predicted molar refractivity (Wildman–Crippen MR) is 32.8 cm³/mol. The first kappa shape index (κ1) is 13.2. The van der Waals surface area contributed by atoms with E-state index in [2.05, 4.69) is 0 Å². The summed E-state index contributed by atoms with van der Waals surface area (Å²) in [7, 11) is -4.86.